The molecule has 0 spiro atoms. The molecule has 5 aromatic rings. The van der Waals surface area contributed by atoms with Crippen LogP contribution in [0.5, 0.6) is 5.75 Å². The van der Waals surface area contributed by atoms with Crippen molar-refractivity contribution >= 4 is 0 Å². The number of aromatic nitrogens is 4. The van der Waals surface area contributed by atoms with E-state index in [0.29, 0.717) is 24.2 Å². The first-order valence-electron chi connectivity index (χ1n) is 16.1. The predicted octanol–water partition coefficient (Wildman–Crippen LogP) is 3.80. The van der Waals surface area contributed by atoms with E-state index in [4.69, 9.17) is 19.0 Å². The van der Waals surface area contributed by atoms with Gasteiger partial charge in [-0.25, -0.2) is 9.78 Å². The van der Waals surface area contributed by atoms with Crippen LogP contribution in [0, 0.1) is 0 Å². The number of benzene rings is 3. The third kappa shape index (κ3) is 8.13. The Bertz CT molecular complexity index is 1910. The maximum Gasteiger partial charge on any atom is 1.00 e. The van der Waals surface area contributed by atoms with Crippen LogP contribution in [0.15, 0.2) is 86.9 Å². The van der Waals surface area contributed by atoms with E-state index >= 15 is 0 Å². The molecule has 1 aliphatic rings. The van der Waals surface area contributed by atoms with Crippen molar-refractivity contribution < 1.29 is 66.8 Å². The normalized spacial score (nSPS) is 17.7. The zero-order valence-electron chi connectivity index (χ0n) is 28.8. The van der Waals surface area contributed by atoms with Crippen LogP contribution in [0.2, 0.25) is 0 Å². The molecule has 6 rings (SSSR count). The molecule has 9 nitrogen and oxygen atoms in total. The molecule has 1 N–H and O–H groups in total. The van der Waals surface area contributed by atoms with Gasteiger partial charge in [0.25, 0.3) is 5.56 Å². The third-order valence-corrected chi connectivity index (χ3v) is 8.46. The fourth-order valence-electron chi connectivity index (χ4n) is 6.37. The molecule has 3 heterocycles. The van der Waals surface area contributed by atoms with E-state index in [2.05, 4.69) is 30.9 Å². The van der Waals surface area contributed by atoms with Gasteiger partial charge in [-0.3, -0.25) is 18.9 Å². The summed E-state index contributed by atoms with van der Waals surface area (Å²) in [5.41, 5.74) is 5.94. The molecule has 10 heteroatoms. The van der Waals surface area contributed by atoms with E-state index in [0.717, 1.165) is 70.9 Å². The Hall–Kier alpha value is -3.12. The standard InChI is InChI=1S/C37H40N4O5.K.H/c1-5-9-33-32(22-25-12-14-26(15-13-25)30-10-7-8-11-31(30)35-39-37(43)46-40-35)36(42)41(34(6-2)38-33)27-16-18-28(19-17-27)45-29-20-23(3)44-24(4)21-29;;/h7-8,10-19,23-24,29H,5-6,9,20-22H2,1-4H3,(H,39,40,43);;/q;+1;-1/t23-,24+,29?;;. The summed E-state index contributed by atoms with van der Waals surface area (Å²) >= 11 is 0. The number of H-pyrrole nitrogens is 1. The summed E-state index contributed by atoms with van der Waals surface area (Å²) in [6.45, 7) is 8.30. The molecule has 47 heavy (non-hydrogen) atoms. The van der Waals surface area contributed by atoms with Crippen LogP contribution >= 0.6 is 0 Å². The summed E-state index contributed by atoms with van der Waals surface area (Å²) < 4.78 is 18.6. The first-order chi connectivity index (χ1) is 22.3. The summed E-state index contributed by atoms with van der Waals surface area (Å²) in [7, 11) is 0. The largest absolute Gasteiger partial charge is 1.00 e. The van der Waals surface area contributed by atoms with Crippen LogP contribution in [0.3, 0.4) is 0 Å². The van der Waals surface area contributed by atoms with E-state index in [1.807, 2.05) is 79.7 Å². The van der Waals surface area contributed by atoms with Gasteiger partial charge in [0.15, 0.2) is 5.82 Å². The molecule has 0 aliphatic carbocycles. The molecular weight excluding hydrogens is 620 g/mol. The smallest absolute Gasteiger partial charge is 1.00 e. The van der Waals surface area contributed by atoms with Crippen molar-refractivity contribution in [2.75, 3.05) is 0 Å². The maximum atomic E-state index is 14.2. The first-order valence-corrected chi connectivity index (χ1v) is 16.1. The van der Waals surface area contributed by atoms with Gasteiger partial charge in [0.05, 0.1) is 23.6 Å². The van der Waals surface area contributed by atoms with Gasteiger partial charge in [-0.05, 0) is 61.2 Å². The third-order valence-electron chi connectivity index (χ3n) is 8.46. The quantitative estimate of drug-likeness (QED) is 0.227. The fourth-order valence-corrected chi connectivity index (χ4v) is 6.37. The second-order valence-electron chi connectivity index (χ2n) is 12.0. The molecule has 0 bridgehead atoms. The minimum atomic E-state index is -0.597. The van der Waals surface area contributed by atoms with Crippen LogP contribution in [-0.2, 0) is 24.0 Å². The van der Waals surface area contributed by atoms with Crippen molar-refractivity contribution in [3.05, 3.63) is 116 Å². The summed E-state index contributed by atoms with van der Waals surface area (Å²) in [6, 6.07) is 23.6. The van der Waals surface area contributed by atoms with Crippen molar-refractivity contribution in [2.24, 2.45) is 0 Å². The molecule has 1 saturated heterocycles. The molecule has 1 aliphatic heterocycles. The molecule has 3 aromatic carbocycles. The molecule has 0 saturated carbocycles. The zero-order valence-corrected chi connectivity index (χ0v) is 30.9. The van der Waals surface area contributed by atoms with Gasteiger partial charge in [0, 0.05) is 36.8 Å². The summed E-state index contributed by atoms with van der Waals surface area (Å²) in [4.78, 5) is 33.5. The second kappa shape index (κ2) is 15.8. The van der Waals surface area contributed by atoms with Crippen LogP contribution in [0.1, 0.15) is 71.0 Å². The fraction of sp³-hybridized carbons (Fsp3) is 0.351. The Labute approximate surface area is 318 Å². The second-order valence-corrected chi connectivity index (χ2v) is 12.0. The number of hydrogen-bond acceptors (Lipinski definition) is 7. The van der Waals surface area contributed by atoms with E-state index in [-0.39, 0.29) is 76.7 Å². The molecule has 0 radical (unpaired) electrons. The first kappa shape index (κ1) is 35.2. The summed E-state index contributed by atoms with van der Waals surface area (Å²) in [6.07, 6.45) is 4.87. The van der Waals surface area contributed by atoms with Crippen molar-refractivity contribution in [3.63, 3.8) is 0 Å². The van der Waals surface area contributed by atoms with E-state index in [1.165, 1.54) is 0 Å². The number of hydrogen-bond donors (Lipinski definition) is 1. The van der Waals surface area contributed by atoms with Gasteiger partial charge >= 0.3 is 57.1 Å². The van der Waals surface area contributed by atoms with Crippen molar-refractivity contribution in [1.29, 1.82) is 0 Å². The average Bonchev–Trinajstić information content (AvgIpc) is 3.49. The number of nitrogens with one attached hydrogen (secondary N) is 1. The van der Waals surface area contributed by atoms with Gasteiger partial charge in [-0.2, -0.15) is 0 Å². The summed E-state index contributed by atoms with van der Waals surface area (Å²) in [5.74, 6) is 1.31. The van der Waals surface area contributed by atoms with Crippen LogP contribution in [0.4, 0.5) is 0 Å². The molecule has 240 valence electrons. The van der Waals surface area contributed by atoms with Gasteiger partial charge in [-0.1, -0.05) is 74.0 Å². The maximum absolute atomic E-state index is 14.2. The number of ether oxygens (including phenoxy) is 2. The Morgan fingerprint density at radius 1 is 0.936 bits per heavy atom. The van der Waals surface area contributed by atoms with Gasteiger partial charge in [0.2, 0.25) is 0 Å². The van der Waals surface area contributed by atoms with Crippen molar-refractivity contribution in [2.45, 2.75) is 84.5 Å². The number of aryl methyl sites for hydroxylation is 2. The Balaban J connectivity index is 0.00000260. The average molecular weight is 661 g/mol. The molecule has 1 fully saturated rings. The minimum absolute atomic E-state index is 0. The molecule has 0 amide bonds. The van der Waals surface area contributed by atoms with E-state index < -0.39 is 5.76 Å². The molecular formula is C37H41KN4O5. The van der Waals surface area contributed by atoms with Gasteiger partial charge in [-0.15, -0.1) is 0 Å². The van der Waals surface area contributed by atoms with Crippen molar-refractivity contribution in [3.8, 4) is 34.0 Å². The Morgan fingerprint density at radius 3 is 2.23 bits per heavy atom. The van der Waals surface area contributed by atoms with Gasteiger partial charge in [0.1, 0.15) is 17.7 Å². The molecule has 2 aromatic heterocycles. The number of rotatable bonds is 10. The Kier molecular flexibility index (Phi) is 11.9. The minimum Gasteiger partial charge on any atom is -1.00 e. The topological polar surface area (TPSA) is 112 Å². The zero-order chi connectivity index (χ0) is 32.2. The number of nitrogens with zero attached hydrogens (tertiary/aromatic N) is 3. The summed E-state index contributed by atoms with van der Waals surface area (Å²) in [5, 5.41) is 3.87. The molecule has 1 unspecified atom stereocenters. The van der Waals surface area contributed by atoms with E-state index in [1.54, 1.807) is 4.57 Å². The van der Waals surface area contributed by atoms with E-state index in [9.17, 15) is 9.59 Å². The van der Waals surface area contributed by atoms with Crippen LogP contribution in [0.25, 0.3) is 28.2 Å². The SMILES string of the molecule is CCCc1nc(CC)n(-c2ccc(OC3C[C@@H](C)O[C@@H](C)C3)cc2)c(=O)c1Cc1ccc(-c2ccccc2-c2noc(=O)[nH]2)cc1.[H-].[K+]. The molecule has 3 atom stereocenters. The van der Waals surface area contributed by atoms with Crippen LogP contribution in [-0.4, -0.2) is 38.0 Å². The number of aromatic amines is 1. The predicted molar refractivity (Wildman–Crippen MR) is 179 cm³/mol. The monoisotopic (exact) mass is 660 g/mol. The van der Waals surface area contributed by atoms with Gasteiger partial charge < -0.3 is 10.9 Å². The van der Waals surface area contributed by atoms with Crippen LogP contribution < -0.4 is 67.4 Å². The van der Waals surface area contributed by atoms with Crippen molar-refractivity contribution in [1.82, 2.24) is 19.7 Å². The Morgan fingerprint density at radius 2 is 1.62 bits per heavy atom.